The first-order valence-corrected chi connectivity index (χ1v) is 18.1. The number of nitrogens with one attached hydrogen (secondary N) is 3. The Morgan fingerprint density at radius 3 is 2.16 bits per heavy atom. The number of likely N-dealkylation sites (tertiary alicyclic amines) is 1. The zero-order chi connectivity index (χ0) is 37.9. The second kappa shape index (κ2) is 19.5. The number of amides is 4. The molecular weight excluding hydrogens is 638 g/mol. The van der Waals surface area contributed by atoms with Crippen LogP contribution in [0.15, 0.2) is 30.3 Å². The quantitative estimate of drug-likeness (QED) is 0.172. The van der Waals surface area contributed by atoms with E-state index in [9.17, 15) is 24.3 Å². The maximum Gasteiger partial charge on any atom is 0.245 e. The van der Waals surface area contributed by atoms with Crippen molar-refractivity contribution >= 4 is 23.6 Å². The molecule has 50 heavy (non-hydrogen) atoms. The van der Waals surface area contributed by atoms with E-state index >= 15 is 0 Å². The van der Waals surface area contributed by atoms with Crippen LogP contribution in [0.2, 0.25) is 0 Å². The maximum atomic E-state index is 14.1. The summed E-state index contributed by atoms with van der Waals surface area (Å²) in [5.41, 5.74) is -0.155. The molecule has 0 bridgehead atoms. The van der Waals surface area contributed by atoms with Gasteiger partial charge in [0.15, 0.2) is 0 Å². The number of carbonyl (C=O) groups is 4. The van der Waals surface area contributed by atoms with Crippen molar-refractivity contribution in [3.8, 4) is 0 Å². The molecule has 1 aliphatic heterocycles. The lowest BCUT2D eigenvalue weighted by molar-refractivity contribution is -0.148. The SMILES string of the molecule is CCC(C)C(C(CC(=O)N1CCCC1C(OC)C(C)C(=O)NC(C)C(O)c1ccccc1)OC)N(C)C(=O)C(NC(=O)C(C)(C)NC)C(C)C. The summed E-state index contributed by atoms with van der Waals surface area (Å²) in [7, 11) is 6.53. The van der Waals surface area contributed by atoms with E-state index in [4.69, 9.17) is 9.47 Å². The third-order valence-corrected chi connectivity index (χ3v) is 10.7. The average molecular weight is 704 g/mol. The lowest BCUT2D eigenvalue weighted by Gasteiger charge is -2.41. The van der Waals surface area contributed by atoms with Crippen molar-refractivity contribution < 1.29 is 33.8 Å². The molecule has 0 spiro atoms. The van der Waals surface area contributed by atoms with Crippen molar-refractivity contribution in [2.45, 2.75) is 129 Å². The Balaban J connectivity index is 2.24. The molecule has 1 saturated heterocycles. The van der Waals surface area contributed by atoms with Crippen LogP contribution in [0.4, 0.5) is 0 Å². The summed E-state index contributed by atoms with van der Waals surface area (Å²) in [5, 5.41) is 19.7. The summed E-state index contributed by atoms with van der Waals surface area (Å²) in [4.78, 5) is 58.1. The van der Waals surface area contributed by atoms with Crippen LogP contribution < -0.4 is 16.0 Å². The van der Waals surface area contributed by atoms with Crippen LogP contribution >= 0.6 is 0 Å². The molecule has 4 amide bonds. The highest BCUT2D eigenvalue weighted by Crippen LogP contribution is 2.30. The number of aliphatic hydroxyl groups is 1. The molecule has 0 aromatic heterocycles. The van der Waals surface area contributed by atoms with Gasteiger partial charge < -0.3 is 40.3 Å². The minimum atomic E-state index is -0.875. The molecule has 0 aliphatic carbocycles. The Morgan fingerprint density at radius 1 is 1.02 bits per heavy atom. The van der Waals surface area contributed by atoms with E-state index < -0.39 is 47.9 Å². The van der Waals surface area contributed by atoms with Crippen molar-refractivity contribution in [3.63, 3.8) is 0 Å². The minimum absolute atomic E-state index is 0.0167. The standard InChI is InChI=1S/C38H65N5O7/c1-13-24(4)32(42(10)36(47)31(23(2)3)41-37(48)38(7,8)39-9)29(49-11)22-30(44)43-21-17-20-28(43)34(50-12)25(5)35(46)40-26(6)33(45)27-18-15-14-16-19-27/h14-16,18-19,23-26,28-29,31-34,39,45H,13,17,20-22H2,1-12H3,(H,40,46)(H,41,48). The van der Waals surface area contributed by atoms with Gasteiger partial charge in [0, 0.05) is 27.8 Å². The topological polar surface area (TPSA) is 150 Å². The van der Waals surface area contributed by atoms with E-state index in [0.717, 1.165) is 12.8 Å². The van der Waals surface area contributed by atoms with E-state index in [0.29, 0.717) is 18.5 Å². The number of hydrogen-bond donors (Lipinski definition) is 4. The minimum Gasteiger partial charge on any atom is -0.386 e. The number of nitrogens with zero attached hydrogens (tertiary/aromatic N) is 2. The molecule has 1 aliphatic rings. The van der Waals surface area contributed by atoms with Gasteiger partial charge in [-0.2, -0.15) is 0 Å². The van der Waals surface area contributed by atoms with E-state index in [2.05, 4.69) is 16.0 Å². The Bertz CT molecular complexity index is 1250. The third-order valence-electron chi connectivity index (χ3n) is 10.7. The molecule has 1 aromatic carbocycles. The number of methoxy groups -OCH3 is 2. The van der Waals surface area contributed by atoms with Gasteiger partial charge in [-0.3, -0.25) is 19.2 Å². The monoisotopic (exact) mass is 703 g/mol. The van der Waals surface area contributed by atoms with Crippen LogP contribution in [0.1, 0.15) is 92.7 Å². The maximum absolute atomic E-state index is 14.1. The van der Waals surface area contributed by atoms with Gasteiger partial charge in [0.25, 0.3) is 0 Å². The first kappa shape index (κ1) is 43.1. The number of ether oxygens (including phenoxy) is 2. The summed E-state index contributed by atoms with van der Waals surface area (Å²) >= 11 is 0. The second-order valence-corrected chi connectivity index (χ2v) is 14.8. The molecule has 9 atom stereocenters. The van der Waals surface area contributed by atoms with Crippen molar-refractivity contribution in [1.82, 2.24) is 25.8 Å². The molecule has 12 heteroatoms. The first-order valence-electron chi connectivity index (χ1n) is 18.1. The molecule has 1 aromatic rings. The first-order chi connectivity index (χ1) is 23.5. The van der Waals surface area contributed by atoms with Crippen LogP contribution in [0.5, 0.6) is 0 Å². The molecule has 12 nitrogen and oxygen atoms in total. The van der Waals surface area contributed by atoms with Gasteiger partial charge in [-0.15, -0.1) is 0 Å². The van der Waals surface area contributed by atoms with Crippen LogP contribution in [-0.4, -0.2) is 115 Å². The highest BCUT2D eigenvalue weighted by atomic mass is 16.5. The Hall–Kier alpha value is -3.06. The van der Waals surface area contributed by atoms with Gasteiger partial charge in [0.2, 0.25) is 23.6 Å². The van der Waals surface area contributed by atoms with Gasteiger partial charge in [0.05, 0.1) is 54.3 Å². The molecular formula is C38H65N5O7. The zero-order valence-electron chi connectivity index (χ0n) is 32.5. The molecule has 2 rings (SSSR count). The van der Waals surface area contributed by atoms with Gasteiger partial charge in [-0.1, -0.05) is 71.4 Å². The molecule has 0 radical (unpaired) electrons. The van der Waals surface area contributed by atoms with Gasteiger partial charge in [0.1, 0.15) is 6.04 Å². The van der Waals surface area contributed by atoms with Crippen molar-refractivity contribution in [2.75, 3.05) is 34.9 Å². The summed E-state index contributed by atoms with van der Waals surface area (Å²) < 4.78 is 11.9. The number of aliphatic hydroxyl groups excluding tert-OH is 1. The fourth-order valence-corrected chi connectivity index (χ4v) is 6.85. The van der Waals surface area contributed by atoms with Crippen molar-refractivity contribution in [3.05, 3.63) is 35.9 Å². The van der Waals surface area contributed by atoms with Gasteiger partial charge >= 0.3 is 0 Å². The third kappa shape index (κ3) is 10.7. The van der Waals surface area contributed by atoms with Gasteiger partial charge in [-0.05, 0) is 58.1 Å². The molecule has 284 valence electrons. The average Bonchev–Trinajstić information content (AvgIpc) is 3.59. The normalized spacial score (nSPS) is 19.9. The predicted molar refractivity (Wildman–Crippen MR) is 195 cm³/mol. The van der Waals surface area contributed by atoms with Crippen molar-refractivity contribution in [2.24, 2.45) is 17.8 Å². The number of rotatable bonds is 19. The Morgan fingerprint density at radius 2 is 1.64 bits per heavy atom. The summed E-state index contributed by atoms with van der Waals surface area (Å²) in [5.74, 6) is -1.73. The largest absolute Gasteiger partial charge is 0.386 e. The highest BCUT2D eigenvalue weighted by molar-refractivity contribution is 5.92. The lowest BCUT2D eigenvalue weighted by Crippen LogP contribution is -2.61. The number of likely N-dealkylation sites (N-methyl/N-ethyl adjacent to an activating group) is 2. The fraction of sp³-hybridized carbons (Fsp3) is 0.737. The van der Waals surface area contributed by atoms with Crippen molar-refractivity contribution in [1.29, 1.82) is 0 Å². The molecule has 1 heterocycles. The Labute approximate surface area is 300 Å². The Kier molecular flexibility index (Phi) is 16.8. The predicted octanol–water partition coefficient (Wildman–Crippen LogP) is 3.28. The molecule has 9 unspecified atom stereocenters. The molecule has 4 N–H and O–H groups in total. The highest BCUT2D eigenvalue weighted by Gasteiger charge is 2.43. The lowest BCUT2D eigenvalue weighted by atomic mass is 9.89. The van der Waals surface area contributed by atoms with Crippen LogP contribution in [-0.2, 0) is 28.7 Å². The molecule has 1 fully saturated rings. The van der Waals surface area contributed by atoms with E-state index in [-0.39, 0.29) is 47.9 Å². The number of benzene rings is 1. The van der Waals surface area contributed by atoms with Crippen LogP contribution in [0, 0.1) is 17.8 Å². The summed E-state index contributed by atoms with van der Waals surface area (Å²) in [6.07, 6.45) is 0.138. The van der Waals surface area contributed by atoms with Crippen LogP contribution in [0.25, 0.3) is 0 Å². The van der Waals surface area contributed by atoms with E-state index in [1.807, 2.05) is 58.0 Å². The zero-order valence-corrected chi connectivity index (χ0v) is 32.5. The van der Waals surface area contributed by atoms with E-state index in [1.165, 1.54) is 0 Å². The van der Waals surface area contributed by atoms with Gasteiger partial charge in [-0.25, -0.2) is 0 Å². The fourth-order valence-electron chi connectivity index (χ4n) is 6.85. The smallest absolute Gasteiger partial charge is 0.245 e. The van der Waals surface area contributed by atoms with Crippen LogP contribution in [0.3, 0.4) is 0 Å². The summed E-state index contributed by atoms with van der Waals surface area (Å²) in [6, 6.07) is 7.09. The summed E-state index contributed by atoms with van der Waals surface area (Å²) in [6.45, 7) is 15.4. The van der Waals surface area contributed by atoms with E-state index in [1.54, 1.807) is 65.8 Å². The number of hydrogen-bond acceptors (Lipinski definition) is 8. The second-order valence-electron chi connectivity index (χ2n) is 14.8. The number of carbonyl (C=O) groups excluding carboxylic acids is 4. The molecule has 0 saturated carbocycles.